The molecule has 1 N–H and O–H groups in total. The van der Waals surface area contributed by atoms with Gasteiger partial charge in [-0.1, -0.05) is 189 Å². The van der Waals surface area contributed by atoms with E-state index in [-0.39, 0.29) is 32.2 Å². The third kappa shape index (κ3) is 46.5. The van der Waals surface area contributed by atoms with Gasteiger partial charge >= 0.3 is 17.9 Å². The van der Waals surface area contributed by atoms with Crippen LogP contribution in [0, 0.1) is 0 Å². The zero-order chi connectivity index (χ0) is 46.3. The number of quaternary nitrogens is 1. The lowest BCUT2D eigenvalue weighted by atomic mass is 10.0. The number of carboxylic acids is 1. The number of carbonyl (C=O) groups is 3. The number of hydrogen-bond acceptors (Lipinski definition) is 7. The van der Waals surface area contributed by atoms with Gasteiger partial charge < -0.3 is 28.5 Å². The molecule has 9 heteroatoms. The summed E-state index contributed by atoms with van der Waals surface area (Å²) in [4.78, 5) is 37.0. The van der Waals surface area contributed by atoms with Crippen LogP contribution in [0.5, 0.6) is 0 Å². The summed E-state index contributed by atoms with van der Waals surface area (Å²) in [6.07, 6.45) is 54.3. The average molecular weight is 885 g/mol. The number of ether oxygens (including phenoxy) is 4. The summed E-state index contributed by atoms with van der Waals surface area (Å²) in [5.74, 6) is -2.02. The fraction of sp³-hybridized carbons (Fsp3) is 0.722. The van der Waals surface area contributed by atoms with Gasteiger partial charge in [0.2, 0.25) is 0 Å². The Morgan fingerprint density at radius 2 is 0.905 bits per heavy atom. The Hall–Kier alpha value is -3.27. The van der Waals surface area contributed by atoms with Crippen LogP contribution in [0.15, 0.2) is 72.9 Å². The van der Waals surface area contributed by atoms with E-state index >= 15 is 0 Å². The molecule has 0 heterocycles. The van der Waals surface area contributed by atoms with Crippen LogP contribution in [0.25, 0.3) is 0 Å². The van der Waals surface area contributed by atoms with E-state index in [4.69, 9.17) is 18.9 Å². The number of aliphatic carboxylic acids is 1. The monoisotopic (exact) mass is 885 g/mol. The van der Waals surface area contributed by atoms with Gasteiger partial charge in [0.1, 0.15) is 13.2 Å². The van der Waals surface area contributed by atoms with Crippen molar-refractivity contribution in [3.05, 3.63) is 72.9 Å². The minimum absolute atomic E-state index is 0.184. The predicted molar refractivity (Wildman–Crippen MR) is 263 cm³/mol. The molecule has 0 bridgehead atoms. The molecule has 9 nitrogen and oxygen atoms in total. The van der Waals surface area contributed by atoms with E-state index in [0.29, 0.717) is 17.4 Å². The SMILES string of the molecule is CC/C=C\C/C=C\C/C=C\C/C=C\C/C=C\C/C=C\CCCCCCCCCCCCCCC(=O)OC(COC(=O)CCCCCCCCC)COC(OCC[N+](C)(C)C)C(=O)O. The third-order valence-electron chi connectivity index (χ3n) is 10.5. The first-order valence-corrected chi connectivity index (χ1v) is 25.1. The third-order valence-corrected chi connectivity index (χ3v) is 10.5. The highest BCUT2D eigenvalue weighted by molar-refractivity contribution is 5.71. The first-order chi connectivity index (χ1) is 30.6. The number of likely N-dealkylation sites (N-methyl/N-ethyl adjacent to an activating group) is 1. The molecule has 0 saturated heterocycles. The van der Waals surface area contributed by atoms with Crippen molar-refractivity contribution in [3.63, 3.8) is 0 Å². The molecule has 0 aliphatic carbocycles. The number of esters is 2. The minimum atomic E-state index is -1.51. The van der Waals surface area contributed by atoms with E-state index in [9.17, 15) is 19.5 Å². The Morgan fingerprint density at radius 1 is 0.492 bits per heavy atom. The van der Waals surface area contributed by atoms with E-state index in [1.165, 1.54) is 83.5 Å². The molecule has 362 valence electrons. The highest BCUT2D eigenvalue weighted by Gasteiger charge is 2.25. The fourth-order valence-corrected chi connectivity index (χ4v) is 6.60. The normalized spacial score (nSPS) is 13.5. The highest BCUT2D eigenvalue weighted by Crippen LogP contribution is 2.15. The van der Waals surface area contributed by atoms with Crippen LogP contribution in [0.4, 0.5) is 0 Å². The van der Waals surface area contributed by atoms with Crippen molar-refractivity contribution in [2.75, 3.05) is 47.5 Å². The van der Waals surface area contributed by atoms with Gasteiger partial charge in [-0.2, -0.15) is 0 Å². The smallest absolute Gasteiger partial charge is 0.361 e. The van der Waals surface area contributed by atoms with Gasteiger partial charge in [0.25, 0.3) is 6.29 Å². The van der Waals surface area contributed by atoms with Crippen LogP contribution in [-0.2, 0) is 33.3 Å². The Kier molecular flexibility index (Phi) is 43.0. The molecule has 0 spiro atoms. The molecule has 0 aliphatic rings. The quantitative estimate of drug-likeness (QED) is 0.0212. The van der Waals surface area contributed by atoms with Crippen molar-refractivity contribution in [3.8, 4) is 0 Å². The summed E-state index contributed by atoms with van der Waals surface area (Å²) in [5.41, 5.74) is 0. The van der Waals surface area contributed by atoms with Crippen LogP contribution in [-0.4, -0.2) is 87.4 Å². The lowest BCUT2D eigenvalue weighted by Crippen LogP contribution is -2.40. The molecule has 2 unspecified atom stereocenters. The lowest BCUT2D eigenvalue weighted by Gasteiger charge is -2.25. The van der Waals surface area contributed by atoms with E-state index in [2.05, 4.69) is 86.8 Å². The van der Waals surface area contributed by atoms with Gasteiger partial charge in [0.05, 0.1) is 34.4 Å². The summed E-state index contributed by atoms with van der Waals surface area (Å²) in [6, 6.07) is 0. The van der Waals surface area contributed by atoms with Crippen molar-refractivity contribution in [2.45, 2.75) is 206 Å². The molecule has 2 atom stereocenters. The second-order valence-corrected chi connectivity index (χ2v) is 17.8. The maximum absolute atomic E-state index is 12.8. The second-order valence-electron chi connectivity index (χ2n) is 17.8. The summed E-state index contributed by atoms with van der Waals surface area (Å²) in [6.45, 7) is 4.70. The first-order valence-electron chi connectivity index (χ1n) is 25.1. The average Bonchev–Trinajstić information content (AvgIpc) is 3.24. The number of carboxylic acid groups (broad SMARTS) is 1. The number of rotatable bonds is 45. The maximum atomic E-state index is 12.8. The molecule has 0 aliphatic heterocycles. The summed E-state index contributed by atoms with van der Waals surface area (Å²) < 4.78 is 22.7. The van der Waals surface area contributed by atoms with Crippen LogP contribution >= 0.6 is 0 Å². The lowest BCUT2D eigenvalue weighted by molar-refractivity contribution is -0.870. The Morgan fingerprint density at radius 3 is 1.35 bits per heavy atom. The molecule has 0 aromatic rings. The maximum Gasteiger partial charge on any atom is 0.361 e. The molecule has 0 aromatic carbocycles. The Balaban J connectivity index is 4.11. The number of unbranched alkanes of at least 4 members (excludes halogenated alkanes) is 18. The van der Waals surface area contributed by atoms with Gasteiger partial charge in [-0.15, -0.1) is 0 Å². The van der Waals surface area contributed by atoms with Crippen molar-refractivity contribution in [1.29, 1.82) is 0 Å². The van der Waals surface area contributed by atoms with E-state index < -0.39 is 24.3 Å². The molecule has 63 heavy (non-hydrogen) atoms. The number of hydrogen-bond donors (Lipinski definition) is 1. The van der Waals surface area contributed by atoms with Crippen molar-refractivity contribution in [1.82, 2.24) is 0 Å². The van der Waals surface area contributed by atoms with Gasteiger partial charge in [0, 0.05) is 12.8 Å². The van der Waals surface area contributed by atoms with Crippen molar-refractivity contribution in [2.24, 2.45) is 0 Å². The molecule has 0 aromatic heterocycles. The van der Waals surface area contributed by atoms with Gasteiger partial charge in [-0.05, 0) is 64.2 Å². The summed E-state index contributed by atoms with van der Waals surface area (Å²) >= 11 is 0. The van der Waals surface area contributed by atoms with Gasteiger partial charge in [0.15, 0.2) is 6.10 Å². The molecule has 0 radical (unpaired) electrons. The predicted octanol–water partition coefficient (Wildman–Crippen LogP) is 13.9. The molecule has 0 saturated carbocycles. The number of allylic oxidation sites excluding steroid dienone is 12. The van der Waals surface area contributed by atoms with E-state index in [0.717, 1.165) is 83.5 Å². The second kappa shape index (κ2) is 45.3. The van der Waals surface area contributed by atoms with E-state index in [1.807, 2.05) is 21.1 Å². The topological polar surface area (TPSA) is 108 Å². The number of carbonyl (C=O) groups excluding carboxylic acids is 2. The van der Waals surface area contributed by atoms with Gasteiger partial charge in [-0.3, -0.25) is 9.59 Å². The molecule has 0 rings (SSSR count). The molecule has 0 fully saturated rings. The van der Waals surface area contributed by atoms with E-state index in [1.54, 1.807) is 0 Å². The van der Waals surface area contributed by atoms with Gasteiger partial charge in [-0.25, -0.2) is 4.79 Å². The van der Waals surface area contributed by atoms with Crippen LogP contribution in [0.3, 0.4) is 0 Å². The highest BCUT2D eigenvalue weighted by atomic mass is 16.7. The largest absolute Gasteiger partial charge is 0.477 e. The van der Waals surface area contributed by atoms with Crippen LogP contribution in [0.1, 0.15) is 194 Å². The first kappa shape index (κ1) is 59.7. The number of nitrogens with zero attached hydrogens (tertiary/aromatic N) is 1. The molecular weight excluding hydrogens is 791 g/mol. The zero-order valence-corrected chi connectivity index (χ0v) is 41.0. The Labute approximate surface area is 386 Å². The standard InChI is InChI=1S/C54H93NO8/c1-6-8-10-12-14-15-16-17-18-19-20-21-22-23-24-25-26-27-28-29-30-31-32-33-34-35-36-37-39-41-43-45-52(57)63-50(48-61-51(56)44-42-40-38-13-11-9-7-2)49-62-54(53(58)59)60-47-46-55(3,4)5/h8,10,14-15,17-18,20-21,23-24,26-27,50,54H,6-7,9,11-13,16,19,22,25,28-49H2,1-5H3/p+1/b10-8-,15-14-,18-17-,21-20-,24-23-,27-26-. The van der Waals surface area contributed by atoms with Crippen molar-refractivity contribution >= 4 is 17.9 Å². The fourth-order valence-electron chi connectivity index (χ4n) is 6.60. The minimum Gasteiger partial charge on any atom is -0.477 e. The molecule has 0 amide bonds. The van der Waals surface area contributed by atoms with Crippen molar-refractivity contribution < 1.29 is 42.9 Å². The molecular formula is C54H94NO8+. The van der Waals surface area contributed by atoms with Crippen LogP contribution < -0.4 is 0 Å². The van der Waals surface area contributed by atoms with Crippen LogP contribution in [0.2, 0.25) is 0 Å². The zero-order valence-electron chi connectivity index (χ0n) is 41.0. The summed E-state index contributed by atoms with van der Waals surface area (Å²) in [5, 5.41) is 9.62. The summed E-state index contributed by atoms with van der Waals surface area (Å²) in [7, 11) is 5.95. The Bertz CT molecular complexity index is 1260.